The number of rotatable bonds is 4. The normalized spacial score (nSPS) is 13.1. The fourth-order valence-corrected chi connectivity index (χ4v) is 5.16. The van der Waals surface area contributed by atoms with Crippen molar-refractivity contribution in [1.82, 2.24) is 19.7 Å². The molecular formula is C26H21N5O2S. The molecule has 1 aliphatic rings. The second-order valence-corrected chi connectivity index (χ2v) is 9.25. The van der Waals surface area contributed by atoms with Crippen LogP contribution in [0.3, 0.4) is 0 Å². The highest BCUT2D eigenvalue weighted by Gasteiger charge is 2.21. The van der Waals surface area contributed by atoms with E-state index in [1.54, 1.807) is 17.4 Å². The van der Waals surface area contributed by atoms with Gasteiger partial charge in [0.2, 0.25) is 5.95 Å². The van der Waals surface area contributed by atoms with Crippen LogP contribution in [0.25, 0.3) is 27.3 Å². The zero-order valence-corrected chi connectivity index (χ0v) is 19.1. The first-order valence-corrected chi connectivity index (χ1v) is 12.1. The molecule has 6 rings (SSSR count). The summed E-state index contributed by atoms with van der Waals surface area (Å²) in [6.45, 7) is 0. The summed E-state index contributed by atoms with van der Waals surface area (Å²) in [6, 6.07) is 19.2. The van der Waals surface area contributed by atoms with Crippen LogP contribution >= 0.6 is 11.3 Å². The van der Waals surface area contributed by atoms with E-state index in [1.165, 1.54) is 4.68 Å². The summed E-state index contributed by atoms with van der Waals surface area (Å²) < 4.78 is 1.52. The van der Waals surface area contributed by atoms with Gasteiger partial charge < -0.3 is 5.32 Å². The molecule has 5 aromatic rings. The standard InChI is InChI=1S/C26H21N5O2S/c32-24(18-11-5-8-16-7-1-2-9-17(16)18)28-23-15-21(22-13-6-14-34-22)30-31(23)26-27-20-12-4-3-10-19(20)25(33)29-26/h1-2,5-9,11,13-15H,3-4,10,12H2,(H,28,32)(H,27,29,33). The number of nitrogens with zero attached hydrogens (tertiary/aromatic N) is 3. The molecule has 0 radical (unpaired) electrons. The zero-order valence-electron chi connectivity index (χ0n) is 18.2. The Hall–Kier alpha value is -4.04. The van der Waals surface area contributed by atoms with Gasteiger partial charge in [0.05, 0.1) is 10.6 Å². The molecule has 8 heteroatoms. The summed E-state index contributed by atoms with van der Waals surface area (Å²) in [6.07, 6.45) is 3.51. The van der Waals surface area contributed by atoms with E-state index in [-0.39, 0.29) is 11.5 Å². The molecule has 0 saturated carbocycles. The predicted octanol–water partition coefficient (Wildman–Crippen LogP) is 4.97. The maximum absolute atomic E-state index is 13.4. The molecular weight excluding hydrogens is 446 g/mol. The molecule has 2 aromatic carbocycles. The van der Waals surface area contributed by atoms with Gasteiger partial charge in [0, 0.05) is 17.2 Å². The first kappa shape index (κ1) is 20.6. The van der Waals surface area contributed by atoms with Crippen LogP contribution in [0.2, 0.25) is 0 Å². The molecule has 0 atom stereocenters. The van der Waals surface area contributed by atoms with Crippen molar-refractivity contribution < 1.29 is 4.79 Å². The van der Waals surface area contributed by atoms with Crippen molar-refractivity contribution in [3.63, 3.8) is 0 Å². The lowest BCUT2D eigenvalue weighted by molar-refractivity contribution is 0.102. The zero-order chi connectivity index (χ0) is 23.1. The smallest absolute Gasteiger partial charge is 0.257 e. The van der Waals surface area contributed by atoms with Gasteiger partial charge in [0.15, 0.2) is 0 Å². The summed E-state index contributed by atoms with van der Waals surface area (Å²) >= 11 is 1.56. The lowest BCUT2D eigenvalue weighted by Crippen LogP contribution is -2.24. The number of benzene rings is 2. The molecule has 0 spiro atoms. The van der Waals surface area contributed by atoms with Gasteiger partial charge in [-0.25, -0.2) is 4.98 Å². The van der Waals surface area contributed by atoms with E-state index in [1.807, 2.05) is 60.0 Å². The van der Waals surface area contributed by atoms with Gasteiger partial charge in [-0.1, -0.05) is 42.5 Å². The molecule has 0 bridgehead atoms. The SMILES string of the molecule is O=C(Nc1cc(-c2cccs2)nn1-c1nc2c(c(=O)[nH]1)CCCC2)c1cccc2ccccc12. The number of thiophene rings is 1. The number of fused-ring (bicyclic) bond motifs is 2. The number of carbonyl (C=O) groups excluding carboxylic acids is 1. The number of hydrogen-bond donors (Lipinski definition) is 2. The molecule has 0 unspecified atom stereocenters. The average molecular weight is 468 g/mol. The highest BCUT2D eigenvalue weighted by molar-refractivity contribution is 7.13. The highest BCUT2D eigenvalue weighted by atomic mass is 32.1. The van der Waals surface area contributed by atoms with Gasteiger partial charge >= 0.3 is 0 Å². The van der Waals surface area contributed by atoms with E-state index < -0.39 is 0 Å². The summed E-state index contributed by atoms with van der Waals surface area (Å²) in [5, 5.41) is 11.5. The maximum Gasteiger partial charge on any atom is 0.257 e. The molecule has 3 heterocycles. The third-order valence-electron chi connectivity index (χ3n) is 6.14. The third-order valence-corrected chi connectivity index (χ3v) is 7.03. The van der Waals surface area contributed by atoms with Crippen molar-refractivity contribution in [2.45, 2.75) is 25.7 Å². The first-order chi connectivity index (χ1) is 16.7. The Labute approximate surface area is 199 Å². The number of carbonyl (C=O) groups is 1. The molecule has 2 N–H and O–H groups in total. The molecule has 7 nitrogen and oxygen atoms in total. The Morgan fingerprint density at radius 2 is 1.88 bits per heavy atom. The minimum absolute atomic E-state index is 0.140. The number of nitrogens with one attached hydrogen (secondary N) is 2. The molecule has 168 valence electrons. The van der Waals surface area contributed by atoms with Crippen molar-refractivity contribution >= 4 is 33.8 Å². The van der Waals surface area contributed by atoms with Crippen LogP contribution in [-0.2, 0) is 12.8 Å². The Balaban J connectivity index is 1.45. The lowest BCUT2D eigenvalue weighted by atomic mass is 9.97. The summed E-state index contributed by atoms with van der Waals surface area (Å²) in [5.74, 6) is 0.498. The van der Waals surface area contributed by atoms with Gasteiger partial charge in [-0.05, 0) is 54.0 Å². The fourth-order valence-electron chi connectivity index (χ4n) is 4.47. The second kappa shape index (κ2) is 8.39. The van der Waals surface area contributed by atoms with Gasteiger partial charge in [0.1, 0.15) is 11.5 Å². The maximum atomic E-state index is 13.4. The minimum Gasteiger partial charge on any atom is -0.306 e. The van der Waals surface area contributed by atoms with Gasteiger partial charge in [0.25, 0.3) is 11.5 Å². The van der Waals surface area contributed by atoms with Crippen LogP contribution in [0.4, 0.5) is 5.82 Å². The van der Waals surface area contributed by atoms with Gasteiger partial charge in [-0.2, -0.15) is 9.78 Å². The topological polar surface area (TPSA) is 92.7 Å². The monoisotopic (exact) mass is 467 g/mol. The summed E-state index contributed by atoms with van der Waals surface area (Å²) in [5.41, 5.74) is 2.68. The number of H-pyrrole nitrogens is 1. The Morgan fingerprint density at radius 1 is 1.03 bits per heavy atom. The molecule has 0 aliphatic heterocycles. The second-order valence-electron chi connectivity index (χ2n) is 8.31. The van der Waals surface area contributed by atoms with E-state index in [2.05, 4.69) is 10.3 Å². The van der Waals surface area contributed by atoms with E-state index in [0.717, 1.165) is 52.6 Å². The van der Waals surface area contributed by atoms with E-state index in [0.29, 0.717) is 23.0 Å². The van der Waals surface area contributed by atoms with Crippen LogP contribution in [0, 0.1) is 0 Å². The van der Waals surface area contributed by atoms with E-state index >= 15 is 0 Å². The lowest BCUT2D eigenvalue weighted by Gasteiger charge is -2.15. The number of amides is 1. The van der Waals surface area contributed by atoms with Crippen molar-refractivity contribution in [3.05, 3.63) is 93.2 Å². The van der Waals surface area contributed by atoms with Crippen molar-refractivity contribution in [2.24, 2.45) is 0 Å². The first-order valence-electron chi connectivity index (χ1n) is 11.2. The Bertz CT molecular complexity index is 1580. The van der Waals surface area contributed by atoms with Crippen LogP contribution in [-0.4, -0.2) is 25.7 Å². The average Bonchev–Trinajstić information content (AvgIpc) is 3.54. The largest absolute Gasteiger partial charge is 0.306 e. The van der Waals surface area contributed by atoms with Gasteiger partial charge in [-0.3, -0.25) is 14.6 Å². The predicted molar refractivity (Wildman–Crippen MR) is 134 cm³/mol. The van der Waals surface area contributed by atoms with Gasteiger partial charge in [-0.15, -0.1) is 11.3 Å². The Kier molecular flexibility index (Phi) is 5.07. The van der Waals surface area contributed by atoms with E-state index in [9.17, 15) is 9.59 Å². The van der Waals surface area contributed by atoms with Crippen molar-refractivity contribution in [2.75, 3.05) is 5.32 Å². The fraction of sp³-hybridized carbons (Fsp3) is 0.154. The molecule has 0 fully saturated rings. The number of hydrogen-bond acceptors (Lipinski definition) is 5. The number of aromatic amines is 1. The molecule has 0 saturated heterocycles. The molecule has 1 amide bonds. The van der Waals surface area contributed by atoms with Crippen molar-refractivity contribution in [1.29, 1.82) is 0 Å². The van der Waals surface area contributed by atoms with Crippen molar-refractivity contribution in [3.8, 4) is 16.5 Å². The van der Waals surface area contributed by atoms with Crippen LogP contribution < -0.4 is 10.9 Å². The quantitative estimate of drug-likeness (QED) is 0.390. The molecule has 1 aliphatic carbocycles. The molecule has 34 heavy (non-hydrogen) atoms. The highest BCUT2D eigenvalue weighted by Crippen LogP contribution is 2.28. The Morgan fingerprint density at radius 3 is 2.76 bits per heavy atom. The third kappa shape index (κ3) is 3.62. The number of anilines is 1. The van der Waals surface area contributed by atoms with Crippen LogP contribution in [0.1, 0.15) is 34.5 Å². The number of aryl methyl sites for hydroxylation is 1. The summed E-state index contributed by atoms with van der Waals surface area (Å²) in [4.78, 5) is 34.7. The summed E-state index contributed by atoms with van der Waals surface area (Å²) in [7, 11) is 0. The molecule has 3 aromatic heterocycles. The van der Waals surface area contributed by atoms with Crippen LogP contribution in [0.5, 0.6) is 0 Å². The minimum atomic E-state index is -0.254. The van der Waals surface area contributed by atoms with E-state index in [4.69, 9.17) is 10.1 Å². The van der Waals surface area contributed by atoms with Crippen LogP contribution in [0.15, 0.2) is 70.8 Å². The number of aromatic nitrogens is 4.